The molecule has 0 spiro atoms. The highest BCUT2D eigenvalue weighted by Gasteiger charge is 2.38. The molecule has 1 aromatic carbocycles. The quantitative estimate of drug-likeness (QED) is 0.878. The summed E-state index contributed by atoms with van der Waals surface area (Å²) in [6, 6.07) is 7.24. The molecule has 138 valence electrons. The molecule has 1 fully saturated rings. The lowest BCUT2D eigenvalue weighted by atomic mass is 9.96. The number of carbonyl (C=O) groups is 2. The van der Waals surface area contributed by atoms with Crippen LogP contribution in [0, 0.1) is 5.92 Å². The predicted octanol–water partition coefficient (Wildman–Crippen LogP) is 2.15. The van der Waals surface area contributed by atoms with Crippen molar-refractivity contribution in [3.05, 3.63) is 29.8 Å². The molecule has 5 nitrogen and oxygen atoms in total. The summed E-state index contributed by atoms with van der Waals surface area (Å²) >= 11 is 0. The normalized spacial score (nSPS) is 15.8. The minimum absolute atomic E-state index is 0.0112. The van der Waals surface area contributed by atoms with Gasteiger partial charge in [-0.3, -0.25) is 9.59 Å². The van der Waals surface area contributed by atoms with E-state index in [2.05, 4.69) is 0 Å². The lowest BCUT2D eigenvalue weighted by Crippen LogP contribution is -2.44. The Balaban J connectivity index is 1.75. The molecule has 0 radical (unpaired) electrons. The third-order valence-corrected chi connectivity index (χ3v) is 4.29. The Morgan fingerprint density at radius 3 is 2.32 bits per heavy atom. The van der Waals surface area contributed by atoms with Crippen molar-refractivity contribution in [2.75, 3.05) is 26.7 Å². The van der Waals surface area contributed by atoms with Gasteiger partial charge in [0, 0.05) is 19.6 Å². The first kappa shape index (κ1) is 19.1. The zero-order valence-electron chi connectivity index (χ0n) is 13.9. The van der Waals surface area contributed by atoms with E-state index in [1.54, 1.807) is 24.1 Å². The van der Waals surface area contributed by atoms with Gasteiger partial charge < -0.3 is 15.0 Å². The number of ether oxygens (including phenoxy) is 1. The molecule has 0 saturated carbocycles. The number of carbonyl (C=O) groups excluding carboxylic acids is 2. The smallest absolute Gasteiger partial charge is 0.471 e. The van der Waals surface area contributed by atoms with Crippen LogP contribution in [0.1, 0.15) is 18.4 Å². The lowest BCUT2D eigenvalue weighted by molar-refractivity contribution is -0.173. The summed E-state index contributed by atoms with van der Waals surface area (Å²) in [6.45, 7) is 0.960. The second kappa shape index (κ2) is 8.22. The number of amides is 2. The van der Waals surface area contributed by atoms with Crippen molar-refractivity contribution in [3.63, 3.8) is 0 Å². The van der Waals surface area contributed by atoms with Crippen molar-refractivity contribution in [2.45, 2.75) is 25.4 Å². The fourth-order valence-corrected chi connectivity index (χ4v) is 2.75. The maximum absolute atomic E-state index is 12.3. The van der Waals surface area contributed by atoms with Crippen LogP contribution >= 0.6 is 0 Å². The van der Waals surface area contributed by atoms with Crippen LogP contribution in [0.4, 0.5) is 13.2 Å². The van der Waals surface area contributed by atoms with E-state index in [-0.39, 0.29) is 24.8 Å². The summed E-state index contributed by atoms with van der Waals surface area (Å²) < 4.78 is 41.5. The first-order chi connectivity index (χ1) is 11.8. The zero-order chi connectivity index (χ0) is 18.4. The average molecular weight is 358 g/mol. The molecule has 2 amide bonds. The Morgan fingerprint density at radius 2 is 1.80 bits per heavy atom. The third kappa shape index (κ3) is 5.65. The van der Waals surface area contributed by atoms with Gasteiger partial charge in [0.15, 0.2) is 0 Å². The summed E-state index contributed by atoms with van der Waals surface area (Å²) in [5, 5.41) is 1.91. The van der Waals surface area contributed by atoms with Crippen LogP contribution < -0.4 is 10.1 Å². The molecule has 8 heteroatoms. The Morgan fingerprint density at radius 1 is 1.20 bits per heavy atom. The van der Waals surface area contributed by atoms with Crippen molar-refractivity contribution in [1.82, 2.24) is 10.2 Å². The van der Waals surface area contributed by atoms with Crippen molar-refractivity contribution < 1.29 is 27.5 Å². The Hall–Kier alpha value is -2.25. The van der Waals surface area contributed by atoms with E-state index in [0.29, 0.717) is 25.9 Å². The van der Waals surface area contributed by atoms with E-state index in [9.17, 15) is 22.8 Å². The molecule has 0 bridgehead atoms. The standard InChI is InChI=1S/C17H21F3N2O3/c1-25-14-4-2-12(3-5-14)10-15(23)22-8-6-13(7-9-22)11-21-16(24)17(18,19)20/h2-5,13H,6-11H2,1H3,(H,21,24). The molecule has 25 heavy (non-hydrogen) atoms. The highest BCUT2D eigenvalue weighted by molar-refractivity contribution is 5.81. The molecule has 1 saturated heterocycles. The zero-order valence-corrected chi connectivity index (χ0v) is 13.9. The summed E-state index contributed by atoms with van der Waals surface area (Å²) in [5.74, 6) is -1.25. The fraction of sp³-hybridized carbons (Fsp3) is 0.529. The Labute approximate surface area is 144 Å². The van der Waals surface area contributed by atoms with Gasteiger partial charge in [0.1, 0.15) is 5.75 Å². The third-order valence-electron chi connectivity index (χ3n) is 4.29. The molecule has 0 atom stereocenters. The maximum Gasteiger partial charge on any atom is 0.471 e. The topological polar surface area (TPSA) is 58.6 Å². The van der Waals surface area contributed by atoms with Gasteiger partial charge in [-0.1, -0.05) is 12.1 Å². The van der Waals surface area contributed by atoms with Crippen LogP contribution in [-0.2, 0) is 16.0 Å². The maximum atomic E-state index is 12.3. The molecule has 1 N–H and O–H groups in total. The van der Waals surface area contributed by atoms with Crippen molar-refractivity contribution in [1.29, 1.82) is 0 Å². The summed E-state index contributed by atoms with van der Waals surface area (Å²) in [6.07, 6.45) is -3.42. The van der Waals surface area contributed by atoms with Crippen LogP contribution in [0.25, 0.3) is 0 Å². The van der Waals surface area contributed by atoms with Crippen LogP contribution in [0.2, 0.25) is 0 Å². The first-order valence-electron chi connectivity index (χ1n) is 8.05. The minimum atomic E-state index is -4.85. The molecule has 1 aromatic rings. The fourth-order valence-electron chi connectivity index (χ4n) is 2.75. The van der Waals surface area contributed by atoms with Gasteiger partial charge in [-0.2, -0.15) is 13.2 Å². The molecule has 0 aromatic heterocycles. The summed E-state index contributed by atoms with van der Waals surface area (Å²) in [7, 11) is 1.57. The van der Waals surface area contributed by atoms with Crippen LogP contribution in [0.5, 0.6) is 5.75 Å². The molecule has 0 unspecified atom stereocenters. The number of nitrogens with one attached hydrogen (secondary N) is 1. The number of rotatable bonds is 5. The van der Waals surface area contributed by atoms with Crippen molar-refractivity contribution in [2.24, 2.45) is 5.92 Å². The molecule has 0 aliphatic carbocycles. The van der Waals surface area contributed by atoms with E-state index in [0.717, 1.165) is 11.3 Å². The Bertz CT molecular complexity index is 594. The number of piperidine rings is 1. The SMILES string of the molecule is COc1ccc(CC(=O)N2CCC(CNC(=O)C(F)(F)F)CC2)cc1. The number of methoxy groups -OCH3 is 1. The molecular weight excluding hydrogens is 337 g/mol. The predicted molar refractivity (Wildman–Crippen MR) is 85.1 cm³/mol. The number of benzene rings is 1. The van der Waals surface area contributed by atoms with Gasteiger partial charge in [-0.25, -0.2) is 0 Å². The molecule has 1 aliphatic heterocycles. The largest absolute Gasteiger partial charge is 0.497 e. The van der Waals surface area contributed by atoms with Gasteiger partial charge >= 0.3 is 12.1 Å². The summed E-state index contributed by atoms with van der Waals surface area (Å²) in [4.78, 5) is 24.8. The van der Waals surface area contributed by atoms with E-state index < -0.39 is 12.1 Å². The van der Waals surface area contributed by atoms with Gasteiger partial charge in [0.25, 0.3) is 0 Å². The number of hydrogen-bond donors (Lipinski definition) is 1. The highest BCUT2D eigenvalue weighted by atomic mass is 19.4. The van der Waals surface area contributed by atoms with E-state index in [1.165, 1.54) is 0 Å². The molecule has 1 aliphatic rings. The number of alkyl halides is 3. The van der Waals surface area contributed by atoms with Crippen LogP contribution in [0.3, 0.4) is 0 Å². The second-order valence-corrected chi connectivity index (χ2v) is 6.06. The molecule has 1 heterocycles. The van der Waals surface area contributed by atoms with Gasteiger partial charge in [-0.05, 0) is 36.5 Å². The number of hydrogen-bond acceptors (Lipinski definition) is 3. The Kier molecular flexibility index (Phi) is 6.27. The van der Waals surface area contributed by atoms with Gasteiger partial charge in [-0.15, -0.1) is 0 Å². The van der Waals surface area contributed by atoms with Crippen molar-refractivity contribution >= 4 is 11.8 Å². The summed E-state index contributed by atoms with van der Waals surface area (Å²) in [5.41, 5.74) is 0.880. The number of nitrogens with zero attached hydrogens (tertiary/aromatic N) is 1. The first-order valence-corrected chi connectivity index (χ1v) is 8.05. The van der Waals surface area contributed by atoms with Crippen molar-refractivity contribution in [3.8, 4) is 5.75 Å². The van der Waals surface area contributed by atoms with E-state index in [1.807, 2.05) is 17.4 Å². The second-order valence-electron chi connectivity index (χ2n) is 6.06. The monoisotopic (exact) mass is 358 g/mol. The van der Waals surface area contributed by atoms with E-state index in [4.69, 9.17) is 4.74 Å². The van der Waals surface area contributed by atoms with E-state index >= 15 is 0 Å². The van der Waals surface area contributed by atoms with Crippen LogP contribution in [-0.4, -0.2) is 49.6 Å². The van der Waals surface area contributed by atoms with Crippen LogP contribution in [0.15, 0.2) is 24.3 Å². The minimum Gasteiger partial charge on any atom is -0.497 e. The molecule has 2 rings (SSSR count). The van der Waals surface area contributed by atoms with Gasteiger partial charge in [0.2, 0.25) is 5.91 Å². The lowest BCUT2D eigenvalue weighted by Gasteiger charge is -2.32. The number of halogens is 3. The molecular formula is C17H21F3N2O3. The average Bonchev–Trinajstić information content (AvgIpc) is 2.60. The number of likely N-dealkylation sites (tertiary alicyclic amines) is 1. The van der Waals surface area contributed by atoms with Gasteiger partial charge in [0.05, 0.1) is 13.5 Å². The highest BCUT2D eigenvalue weighted by Crippen LogP contribution is 2.20.